The number of hydrogen-bond donors (Lipinski definition) is 3. The number of aliphatic hydroxyl groups is 1. The van der Waals surface area contributed by atoms with Gasteiger partial charge in [0.1, 0.15) is 17.8 Å². The first-order valence-electron chi connectivity index (χ1n) is 11.3. The van der Waals surface area contributed by atoms with Crippen molar-refractivity contribution >= 4 is 16.9 Å². The van der Waals surface area contributed by atoms with E-state index in [0.717, 1.165) is 11.0 Å². The van der Waals surface area contributed by atoms with Crippen molar-refractivity contribution in [2.75, 3.05) is 18.9 Å². The summed E-state index contributed by atoms with van der Waals surface area (Å²) in [6.07, 6.45) is 10.1. The molecule has 2 unspecified atom stereocenters. The highest BCUT2D eigenvalue weighted by Crippen LogP contribution is 2.40. The van der Waals surface area contributed by atoms with Crippen LogP contribution in [0.15, 0.2) is 36.7 Å². The van der Waals surface area contributed by atoms with Crippen LogP contribution >= 0.6 is 0 Å². The predicted octanol–water partition coefficient (Wildman–Crippen LogP) is 3.42. The lowest BCUT2D eigenvalue weighted by atomic mass is 9.87. The molecule has 6 rings (SSSR count). The van der Waals surface area contributed by atoms with Gasteiger partial charge in [-0.1, -0.05) is 24.3 Å². The van der Waals surface area contributed by atoms with Crippen molar-refractivity contribution in [2.45, 2.75) is 62.9 Å². The first kappa shape index (κ1) is 19.5. The van der Waals surface area contributed by atoms with Gasteiger partial charge in [0.05, 0.1) is 12.0 Å². The lowest BCUT2D eigenvalue weighted by molar-refractivity contribution is 0.111. The van der Waals surface area contributed by atoms with Crippen LogP contribution in [-0.2, 0) is 12.8 Å². The molecule has 2 aliphatic carbocycles. The first-order chi connectivity index (χ1) is 14.7. The summed E-state index contributed by atoms with van der Waals surface area (Å²) in [5.41, 5.74) is 10.9. The molecule has 3 heterocycles. The molecule has 1 aromatic carbocycles. The number of nitrogens with one attached hydrogen (secondary N) is 1. The van der Waals surface area contributed by atoms with Crippen molar-refractivity contribution in [1.82, 2.24) is 19.9 Å². The Morgan fingerprint density at radius 1 is 1.10 bits per heavy atom. The summed E-state index contributed by atoms with van der Waals surface area (Å²) in [5.74, 6) is 1.27. The zero-order chi connectivity index (χ0) is 20.5. The molecule has 0 bridgehead atoms. The Labute approximate surface area is 177 Å². The van der Waals surface area contributed by atoms with Gasteiger partial charge < -0.3 is 15.8 Å². The monoisotopic (exact) mass is 405 g/mol. The lowest BCUT2D eigenvalue weighted by Gasteiger charge is -2.35. The normalized spacial score (nSPS) is 23.8. The number of aliphatic hydroxyl groups excluding tert-OH is 1. The fourth-order valence-electron chi connectivity index (χ4n) is 5.09. The zero-order valence-corrected chi connectivity index (χ0v) is 17.4. The number of aryl methyl sites for hydroxylation is 1. The molecule has 6 nitrogen and oxygen atoms in total. The molecule has 0 spiro atoms. The lowest BCUT2D eigenvalue weighted by Crippen LogP contribution is -2.43. The van der Waals surface area contributed by atoms with E-state index in [4.69, 9.17) is 5.73 Å². The van der Waals surface area contributed by atoms with Crippen LogP contribution in [0.3, 0.4) is 0 Å². The van der Waals surface area contributed by atoms with Crippen molar-refractivity contribution < 1.29 is 5.11 Å². The van der Waals surface area contributed by atoms with Crippen LogP contribution in [0.2, 0.25) is 0 Å². The van der Waals surface area contributed by atoms with Crippen LogP contribution < -0.4 is 5.73 Å². The number of benzene rings is 1. The van der Waals surface area contributed by atoms with E-state index in [1.54, 1.807) is 0 Å². The van der Waals surface area contributed by atoms with Gasteiger partial charge in [0, 0.05) is 17.8 Å². The standard InChI is InChI=1S/C15H21NO.C9H10N4/c17-11-15-6-3-9-16(15)14-8-7-12-4-1-2-5-13(12)10-14;10-8-6-3-7(5-1-2-5)13-9(6)12-4-11-8/h1-2,4-5,14-15,17H,3,6-11H2;3-5H,1-2H2,(H3,10,11,12,13). The van der Waals surface area contributed by atoms with Crippen molar-refractivity contribution in [3.05, 3.63) is 53.5 Å². The minimum atomic E-state index is 0.331. The van der Waals surface area contributed by atoms with E-state index in [1.165, 1.54) is 74.6 Å². The Balaban J connectivity index is 0.000000133. The fourth-order valence-corrected chi connectivity index (χ4v) is 5.09. The van der Waals surface area contributed by atoms with E-state index >= 15 is 0 Å². The summed E-state index contributed by atoms with van der Waals surface area (Å²) in [6, 6.07) is 12.0. The molecule has 3 aliphatic rings. The minimum absolute atomic E-state index is 0.331. The average molecular weight is 406 g/mol. The maximum absolute atomic E-state index is 9.42. The second kappa shape index (κ2) is 8.36. The van der Waals surface area contributed by atoms with E-state index in [2.05, 4.69) is 50.2 Å². The molecule has 0 radical (unpaired) electrons. The van der Waals surface area contributed by atoms with Gasteiger partial charge in [-0.2, -0.15) is 0 Å². The first-order valence-corrected chi connectivity index (χ1v) is 11.3. The fraction of sp³-hybridized carbons (Fsp3) is 0.500. The third-order valence-corrected chi connectivity index (χ3v) is 6.92. The number of rotatable bonds is 3. The van der Waals surface area contributed by atoms with Crippen molar-refractivity contribution in [2.24, 2.45) is 0 Å². The minimum Gasteiger partial charge on any atom is -0.395 e. The number of hydrogen-bond acceptors (Lipinski definition) is 5. The quantitative estimate of drug-likeness (QED) is 0.621. The topological polar surface area (TPSA) is 91.1 Å². The summed E-state index contributed by atoms with van der Waals surface area (Å²) in [6.45, 7) is 1.51. The molecule has 1 saturated carbocycles. The van der Waals surface area contributed by atoms with Crippen molar-refractivity contribution in [3.8, 4) is 0 Å². The maximum atomic E-state index is 9.42. The summed E-state index contributed by atoms with van der Waals surface area (Å²) in [4.78, 5) is 13.9. The van der Waals surface area contributed by atoms with Crippen LogP contribution in [0.25, 0.3) is 11.0 Å². The number of H-pyrrole nitrogens is 1. The van der Waals surface area contributed by atoms with E-state index in [-0.39, 0.29) is 0 Å². The molecule has 1 aliphatic heterocycles. The third kappa shape index (κ3) is 3.94. The Kier molecular flexibility index (Phi) is 5.44. The molecule has 1 saturated heterocycles. The maximum Gasteiger partial charge on any atom is 0.143 e. The number of anilines is 1. The summed E-state index contributed by atoms with van der Waals surface area (Å²) < 4.78 is 0. The van der Waals surface area contributed by atoms with Gasteiger partial charge in [-0.05, 0) is 74.6 Å². The molecule has 30 heavy (non-hydrogen) atoms. The van der Waals surface area contributed by atoms with Gasteiger partial charge in [0.25, 0.3) is 0 Å². The highest BCUT2D eigenvalue weighted by molar-refractivity contribution is 5.86. The summed E-state index contributed by atoms with van der Waals surface area (Å²) in [7, 11) is 0. The van der Waals surface area contributed by atoms with E-state index in [1.807, 2.05) is 0 Å². The molecule has 3 aromatic rings. The van der Waals surface area contributed by atoms with Crippen LogP contribution in [0, 0.1) is 0 Å². The molecule has 2 aromatic heterocycles. The second-order valence-electron chi connectivity index (χ2n) is 8.90. The molecule has 0 amide bonds. The predicted molar refractivity (Wildman–Crippen MR) is 119 cm³/mol. The number of likely N-dealkylation sites (tertiary alicyclic amines) is 1. The van der Waals surface area contributed by atoms with Crippen LogP contribution in [-0.4, -0.2) is 50.2 Å². The molecular weight excluding hydrogens is 374 g/mol. The largest absolute Gasteiger partial charge is 0.395 e. The Bertz CT molecular complexity index is 1010. The molecule has 2 atom stereocenters. The number of fused-ring (bicyclic) bond motifs is 2. The van der Waals surface area contributed by atoms with Crippen LogP contribution in [0.4, 0.5) is 5.82 Å². The second-order valence-corrected chi connectivity index (χ2v) is 8.90. The van der Waals surface area contributed by atoms with Crippen molar-refractivity contribution in [1.29, 1.82) is 0 Å². The summed E-state index contributed by atoms with van der Waals surface area (Å²) in [5, 5.41) is 10.4. The third-order valence-electron chi connectivity index (χ3n) is 6.92. The van der Waals surface area contributed by atoms with Crippen LogP contribution in [0.1, 0.15) is 54.8 Å². The Morgan fingerprint density at radius 2 is 1.93 bits per heavy atom. The van der Waals surface area contributed by atoms with Gasteiger partial charge in [-0.15, -0.1) is 0 Å². The smallest absolute Gasteiger partial charge is 0.143 e. The number of aromatic nitrogens is 3. The molecule has 6 heteroatoms. The van der Waals surface area contributed by atoms with Gasteiger partial charge in [-0.3, -0.25) is 4.90 Å². The SMILES string of the molecule is Nc1ncnc2[nH]c(C3CC3)cc12.OCC1CCCN1C1CCc2ccccc2C1. The van der Waals surface area contributed by atoms with Crippen LogP contribution in [0.5, 0.6) is 0 Å². The molecular formula is C24H31N5O. The summed E-state index contributed by atoms with van der Waals surface area (Å²) >= 11 is 0. The molecule has 2 fully saturated rings. The van der Waals surface area contributed by atoms with Crippen molar-refractivity contribution in [3.63, 3.8) is 0 Å². The van der Waals surface area contributed by atoms with E-state index < -0.39 is 0 Å². The van der Waals surface area contributed by atoms with E-state index in [0.29, 0.717) is 30.4 Å². The Hall–Kier alpha value is -2.44. The zero-order valence-electron chi connectivity index (χ0n) is 17.4. The average Bonchev–Trinajstić information content (AvgIpc) is 3.35. The number of aromatic amines is 1. The Morgan fingerprint density at radius 3 is 2.70 bits per heavy atom. The highest BCUT2D eigenvalue weighted by atomic mass is 16.3. The van der Waals surface area contributed by atoms with Gasteiger partial charge >= 0.3 is 0 Å². The van der Waals surface area contributed by atoms with Gasteiger partial charge in [0.2, 0.25) is 0 Å². The van der Waals surface area contributed by atoms with E-state index in [9.17, 15) is 5.11 Å². The molecule has 4 N–H and O–H groups in total. The number of nitrogen functional groups attached to an aromatic ring is 1. The number of nitrogens with two attached hydrogens (primary N) is 1. The van der Waals surface area contributed by atoms with Gasteiger partial charge in [-0.25, -0.2) is 9.97 Å². The highest BCUT2D eigenvalue weighted by Gasteiger charge is 2.32. The number of nitrogens with zero attached hydrogens (tertiary/aromatic N) is 3. The molecule has 158 valence electrons. The van der Waals surface area contributed by atoms with Gasteiger partial charge in [0.15, 0.2) is 0 Å².